The van der Waals surface area contributed by atoms with E-state index in [1.54, 1.807) is 0 Å². The van der Waals surface area contributed by atoms with Gasteiger partial charge in [-0.05, 0) is 30.5 Å². The Hall–Kier alpha value is -1.30. The predicted octanol–water partition coefficient (Wildman–Crippen LogP) is 5.17. The Morgan fingerprint density at radius 1 is 1.27 bits per heavy atom. The van der Waals surface area contributed by atoms with Gasteiger partial charge in [0.25, 0.3) is 0 Å². The number of benzene rings is 1. The molecule has 0 heterocycles. The third-order valence-electron chi connectivity index (χ3n) is 2.04. The van der Waals surface area contributed by atoms with Crippen molar-refractivity contribution < 1.29 is 0 Å². The van der Waals surface area contributed by atoms with Crippen LogP contribution < -0.4 is 0 Å². The minimum Gasteiger partial charge on any atom is -0.0984 e. The second kappa shape index (κ2) is 8.05. The van der Waals surface area contributed by atoms with E-state index >= 15 is 0 Å². The van der Waals surface area contributed by atoms with Crippen LogP contribution in [0.1, 0.15) is 45.2 Å². The second-order valence-corrected chi connectivity index (χ2v) is 3.47. The summed E-state index contributed by atoms with van der Waals surface area (Å²) < 4.78 is 0. The van der Waals surface area contributed by atoms with Crippen molar-refractivity contribution in [3.8, 4) is 0 Å². The van der Waals surface area contributed by atoms with Crippen molar-refractivity contribution in [3.63, 3.8) is 0 Å². The van der Waals surface area contributed by atoms with Gasteiger partial charge in [-0.1, -0.05) is 63.3 Å². The van der Waals surface area contributed by atoms with Crippen LogP contribution in [0.25, 0.3) is 11.6 Å². The highest BCUT2D eigenvalue weighted by Gasteiger charge is 1.97. The SMILES string of the molecule is C=Cc1ccccc1/C(C)=C\C.CCC. The molecular formula is C15H22. The molecule has 0 aliphatic rings. The fourth-order valence-electron chi connectivity index (χ4n) is 1.19. The Morgan fingerprint density at radius 2 is 1.80 bits per heavy atom. The molecule has 0 spiro atoms. The molecule has 1 aromatic rings. The van der Waals surface area contributed by atoms with Gasteiger partial charge in [0.1, 0.15) is 0 Å². The first-order valence-electron chi connectivity index (χ1n) is 5.55. The summed E-state index contributed by atoms with van der Waals surface area (Å²) in [7, 11) is 0. The monoisotopic (exact) mass is 202 g/mol. The van der Waals surface area contributed by atoms with E-state index in [9.17, 15) is 0 Å². The highest BCUT2D eigenvalue weighted by molar-refractivity contribution is 5.72. The van der Waals surface area contributed by atoms with Crippen LogP contribution in [0.2, 0.25) is 0 Å². The van der Waals surface area contributed by atoms with E-state index in [-0.39, 0.29) is 0 Å². The summed E-state index contributed by atoms with van der Waals surface area (Å²) in [5.41, 5.74) is 3.77. The molecule has 0 aromatic heterocycles. The molecular weight excluding hydrogens is 180 g/mol. The van der Waals surface area contributed by atoms with Gasteiger partial charge in [0.15, 0.2) is 0 Å². The van der Waals surface area contributed by atoms with Crippen LogP contribution in [0.15, 0.2) is 36.9 Å². The summed E-state index contributed by atoms with van der Waals surface area (Å²) in [4.78, 5) is 0. The molecule has 0 unspecified atom stereocenters. The Morgan fingerprint density at radius 3 is 2.27 bits per heavy atom. The van der Waals surface area contributed by atoms with E-state index < -0.39 is 0 Å². The third-order valence-corrected chi connectivity index (χ3v) is 2.04. The van der Waals surface area contributed by atoms with E-state index in [0.29, 0.717) is 0 Å². The second-order valence-electron chi connectivity index (χ2n) is 3.47. The van der Waals surface area contributed by atoms with Crippen molar-refractivity contribution in [1.29, 1.82) is 0 Å². The van der Waals surface area contributed by atoms with E-state index in [2.05, 4.69) is 58.5 Å². The summed E-state index contributed by atoms with van der Waals surface area (Å²) in [5.74, 6) is 0. The molecule has 0 radical (unpaired) electrons. The van der Waals surface area contributed by atoms with Crippen LogP contribution in [0.5, 0.6) is 0 Å². The highest BCUT2D eigenvalue weighted by atomic mass is 14.0. The van der Waals surface area contributed by atoms with Crippen molar-refractivity contribution in [2.24, 2.45) is 0 Å². The number of rotatable bonds is 2. The zero-order valence-corrected chi connectivity index (χ0v) is 10.4. The van der Waals surface area contributed by atoms with Crippen molar-refractivity contribution in [2.45, 2.75) is 34.1 Å². The van der Waals surface area contributed by atoms with Gasteiger partial charge < -0.3 is 0 Å². The maximum Gasteiger partial charge on any atom is -0.0158 e. The maximum atomic E-state index is 3.78. The molecule has 0 nitrogen and oxygen atoms in total. The average Bonchev–Trinajstić information content (AvgIpc) is 2.29. The molecule has 0 aliphatic carbocycles. The van der Waals surface area contributed by atoms with E-state index in [4.69, 9.17) is 0 Å². The lowest BCUT2D eigenvalue weighted by Gasteiger charge is -2.04. The molecule has 0 bridgehead atoms. The molecule has 15 heavy (non-hydrogen) atoms. The van der Waals surface area contributed by atoms with E-state index in [1.807, 2.05) is 12.1 Å². The Kier molecular flexibility index (Phi) is 7.35. The van der Waals surface area contributed by atoms with Gasteiger partial charge in [-0.15, -0.1) is 0 Å². The number of hydrogen-bond donors (Lipinski definition) is 0. The quantitative estimate of drug-likeness (QED) is 0.620. The smallest absolute Gasteiger partial charge is 0.0158 e. The fraction of sp³-hybridized carbons (Fsp3) is 0.333. The topological polar surface area (TPSA) is 0 Å². The van der Waals surface area contributed by atoms with Crippen molar-refractivity contribution in [2.75, 3.05) is 0 Å². The molecule has 0 N–H and O–H groups in total. The summed E-state index contributed by atoms with van der Waals surface area (Å²) in [5, 5.41) is 0. The minimum atomic E-state index is 1.20. The van der Waals surface area contributed by atoms with Gasteiger partial charge in [-0.25, -0.2) is 0 Å². The zero-order chi connectivity index (χ0) is 11.7. The Bertz CT molecular complexity index is 319. The maximum absolute atomic E-state index is 3.78. The van der Waals surface area contributed by atoms with Gasteiger partial charge in [0.2, 0.25) is 0 Å². The van der Waals surface area contributed by atoms with Crippen LogP contribution in [0, 0.1) is 0 Å². The lowest BCUT2D eigenvalue weighted by atomic mass is 10.0. The molecule has 0 aliphatic heterocycles. The van der Waals surface area contributed by atoms with Crippen LogP contribution in [0.4, 0.5) is 0 Å². The zero-order valence-electron chi connectivity index (χ0n) is 10.4. The summed E-state index contributed by atoms with van der Waals surface area (Å²) in [6, 6.07) is 8.28. The van der Waals surface area contributed by atoms with E-state index in [1.165, 1.54) is 23.1 Å². The molecule has 0 saturated carbocycles. The number of hydrogen-bond acceptors (Lipinski definition) is 0. The van der Waals surface area contributed by atoms with Crippen molar-refractivity contribution in [1.82, 2.24) is 0 Å². The Balaban J connectivity index is 0.000000583. The largest absolute Gasteiger partial charge is 0.0984 e. The van der Waals surface area contributed by atoms with Gasteiger partial charge in [-0.3, -0.25) is 0 Å². The van der Waals surface area contributed by atoms with Gasteiger partial charge >= 0.3 is 0 Å². The standard InChI is InChI=1S/C12H14.C3H8/c1-4-10(3)12-9-7-6-8-11(12)5-2;1-3-2/h4-9H,2H2,1,3H3;3H2,1-2H3/b10-4-;. The van der Waals surface area contributed by atoms with Crippen molar-refractivity contribution in [3.05, 3.63) is 48.0 Å². The molecule has 0 heteroatoms. The normalized spacial score (nSPS) is 10.3. The minimum absolute atomic E-state index is 1.20. The first kappa shape index (κ1) is 13.7. The van der Waals surface area contributed by atoms with Crippen LogP contribution in [0.3, 0.4) is 0 Å². The van der Waals surface area contributed by atoms with Crippen molar-refractivity contribution >= 4 is 11.6 Å². The molecule has 0 fully saturated rings. The van der Waals surface area contributed by atoms with Gasteiger partial charge in [0.05, 0.1) is 0 Å². The predicted molar refractivity (Wildman–Crippen MR) is 71.8 cm³/mol. The lowest BCUT2D eigenvalue weighted by molar-refractivity contribution is 1.09. The molecule has 0 amide bonds. The fourth-order valence-corrected chi connectivity index (χ4v) is 1.19. The average molecular weight is 202 g/mol. The van der Waals surface area contributed by atoms with Crippen LogP contribution in [-0.4, -0.2) is 0 Å². The number of allylic oxidation sites excluding steroid dienone is 2. The molecule has 1 aromatic carbocycles. The molecule has 0 atom stereocenters. The summed E-state index contributed by atoms with van der Waals surface area (Å²) in [6.45, 7) is 12.2. The molecule has 82 valence electrons. The summed E-state index contributed by atoms with van der Waals surface area (Å²) in [6.07, 6.45) is 5.25. The lowest BCUT2D eigenvalue weighted by Crippen LogP contribution is -1.83. The first-order chi connectivity index (χ1) is 7.21. The highest BCUT2D eigenvalue weighted by Crippen LogP contribution is 2.18. The van der Waals surface area contributed by atoms with Gasteiger partial charge in [-0.2, -0.15) is 0 Å². The summed E-state index contributed by atoms with van der Waals surface area (Å²) >= 11 is 0. The van der Waals surface area contributed by atoms with Gasteiger partial charge in [0, 0.05) is 0 Å². The first-order valence-corrected chi connectivity index (χ1v) is 5.55. The third kappa shape index (κ3) is 4.64. The van der Waals surface area contributed by atoms with Crippen LogP contribution >= 0.6 is 0 Å². The molecule has 0 saturated heterocycles. The Labute approximate surface area is 94.3 Å². The van der Waals surface area contributed by atoms with E-state index in [0.717, 1.165) is 0 Å². The van der Waals surface area contributed by atoms with Crippen LogP contribution in [-0.2, 0) is 0 Å². The molecule has 1 rings (SSSR count).